The first-order valence-electron chi connectivity index (χ1n) is 4.37. The molecule has 1 aromatic heterocycles. The first-order valence-corrected chi connectivity index (χ1v) is 4.37. The number of carboxylic acids is 1. The molecule has 78 valence electrons. The smallest absolute Gasteiger partial charge is 0.372 e. The van der Waals surface area contributed by atoms with Crippen molar-refractivity contribution in [3.8, 4) is 5.75 Å². The number of hydrogen-bond acceptors (Lipinski definition) is 3. The molecule has 0 bridgehead atoms. The molecular weight excluding hydrogens is 196 g/mol. The van der Waals surface area contributed by atoms with Gasteiger partial charge in [-0.3, -0.25) is 0 Å². The van der Waals surface area contributed by atoms with Crippen molar-refractivity contribution in [2.45, 2.75) is 0 Å². The van der Waals surface area contributed by atoms with Crippen LogP contribution in [0.2, 0.25) is 0 Å². The van der Waals surface area contributed by atoms with Crippen LogP contribution in [0.4, 0.5) is 0 Å². The maximum Gasteiger partial charge on any atom is 0.372 e. The van der Waals surface area contributed by atoms with E-state index >= 15 is 0 Å². The van der Waals surface area contributed by atoms with Crippen LogP contribution in [-0.2, 0) is 7.05 Å². The largest absolute Gasteiger partial charge is 0.497 e. The molecule has 0 saturated carbocycles. The fraction of sp³-hybridized carbons (Fsp3) is 0.200. The van der Waals surface area contributed by atoms with Crippen LogP contribution in [0.15, 0.2) is 18.2 Å². The van der Waals surface area contributed by atoms with E-state index in [1.165, 1.54) is 4.57 Å². The summed E-state index contributed by atoms with van der Waals surface area (Å²) in [5.41, 5.74) is 1.39. The molecular formula is C10H10N2O3. The van der Waals surface area contributed by atoms with Gasteiger partial charge in [-0.1, -0.05) is 0 Å². The second-order valence-electron chi connectivity index (χ2n) is 3.15. The quantitative estimate of drug-likeness (QED) is 0.803. The first-order chi connectivity index (χ1) is 7.13. The summed E-state index contributed by atoms with van der Waals surface area (Å²) < 4.78 is 6.57. The summed E-state index contributed by atoms with van der Waals surface area (Å²) in [5.74, 6) is -0.344. The zero-order chi connectivity index (χ0) is 11.0. The number of aromatic nitrogens is 2. The number of ether oxygens (including phenoxy) is 1. The fourth-order valence-electron chi connectivity index (χ4n) is 1.50. The number of rotatable bonds is 2. The minimum Gasteiger partial charge on any atom is -0.497 e. The number of imidazole rings is 1. The van der Waals surface area contributed by atoms with Gasteiger partial charge in [-0.2, -0.15) is 0 Å². The number of methoxy groups -OCH3 is 1. The molecule has 0 aliphatic heterocycles. The molecule has 1 heterocycles. The Bertz CT molecular complexity index is 531. The van der Waals surface area contributed by atoms with Gasteiger partial charge in [0.2, 0.25) is 5.82 Å². The Balaban J connectivity index is 2.70. The normalized spacial score (nSPS) is 10.5. The van der Waals surface area contributed by atoms with Crippen molar-refractivity contribution >= 4 is 17.0 Å². The predicted molar refractivity (Wildman–Crippen MR) is 54.2 cm³/mol. The highest BCUT2D eigenvalue weighted by molar-refractivity contribution is 5.90. The Morgan fingerprint density at radius 1 is 1.53 bits per heavy atom. The number of carboxylic acid groups (broad SMARTS) is 1. The minimum atomic E-state index is -1.03. The number of nitrogens with zero attached hydrogens (tertiary/aromatic N) is 2. The van der Waals surface area contributed by atoms with Gasteiger partial charge < -0.3 is 14.4 Å². The molecule has 0 aliphatic carbocycles. The number of benzene rings is 1. The van der Waals surface area contributed by atoms with Gasteiger partial charge >= 0.3 is 5.97 Å². The highest BCUT2D eigenvalue weighted by Crippen LogP contribution is 2.20. The summed E-state index contributed by atoms with van der Waals surface area (Å²) in [7, 11) is 3.23. The number of aryl methyl sites for hydroxylation is 1. The van der Waals surface area contributed by atoms with Crippen LogP contribution in [0.3, 0.4) is 0 Å². The second kappa shape index (κ2) is 3.27. The van der Waals surface area contributed by atoms with Crippen LogP contribution in [0.25, 0.3) is 11.0 Å². The number of fused-ring (bicyclic) bond motifs is 1. The molecule has 5 heteroatoms. The van der Waals surface area contributed by atoms with Gasteiger partial charge in [-0.05, 0) is 12.1 Å². The summed E-state index contributed by atoms with van der Waals surface area (Å²) >= 11 is 0. The van der Waals surface area contributed by atoms with Crippen molar-refractivity contribution in [2.75, 3.05) is 7.11 Å². The molecule has 1 aromatic carbocycles. The number of hydrogen-bond donors (Lipinski definition) is 1. The van der Waals surface area contributed by atoms with Crippen molar-refractivity contribution in [3.63, 3.8) is 0 Å². The van der Waals surface area contributed by atoms with E-state index in [-0.39, 0.29) is 5.82 Å². The molecule has 0 unspecified atom stereocenters. The Hall–Kier alpha value is -2.04. The van der Waals surface area contributed by atoms with Gasteiger partial charge in [0.05, 0.1) is 18.1 Å². The van der Waals surface area contributed by atoms with Crippen molar-refractivity contribution in [3.05, 3.63) is 24.0 Å². The summed E-state index contributed by atoms with van der Waals surface area (Å²) in [6, 6.07) is 5.27. The topological polar surface area (TPSA) is 64.3 Å². The third-order valence-corrected chi connectivity index (χ3v) is 2.28. The second-order valence-corrected chi connectivity index (χ2v) is 3.15. The van der Waals surface area contributed by atoms with Crippen LogP contribution >= 0.6 is 0 Å². The lowest BCUT2D eigenvalue weighted by Crippen LogP contribution is -2.05. The van der Waals surface area contributed by atoms with Crippen LogP contribution in [0.1, 0.15) is 10.6 Å². The van der Waals surface area contributed by atoms with E-state index in [0.717, 1.165) is 5.52 Å². The van der Waals surface area contributed by atoms with Gasteiger partial charge in [-0.15, -0.1) is 0 Å². The number of aromatic carboxylic acids is 1. The van der Waals surface area contributed by atoms with Crippen molar-refractivity contribution in [1.29, 1.82) is 0 Å². The predicted octanol–water partition coefficient (Wildman–Crippen LogP) is 1.28. The summed E-state index contributed by atoms with van der Waals surface area (Å²) in [4.78, 5) is 14.8. The molecule has 0 radical (unpaired) electrons. The van der Waals surface area contributed by atoms with Crippen LogP contribution in [0, 0.1) is 0 Å². The molecule has 15 heavy (non-hydrogen) atoms. The Kier molecular flexibility index (Phi) is 2.07. The van der Waals surface area contributed by atoms with E-state index < -0.39 is 5.97 Å². The molecule has 0 aliphatic rings. The maximum absolute atomic E-state index is 10.8. The monoisotopic (exact) mass is 206 g/mol. The molecule has 0 saturated heterocycles. The number of carbonyl (C=O) groups is 1. The van der Waals surface area contributed by atoms with Gasteiger partial charge in [0.25, 0.3) is 0 Å². The molecule has 5 nitrogen and oxygen atoms in total. The van der Waals surface area contributed by atoms with E-state index in [4.69, 9.17) is 9.84 Å². The Morgan fingerprint density at radius 2 is 2.27 bits per heavy atom. The first kappa shape index (κ1) is 9.51. The molecule has 0 spiro atoms. The zero-order valence-corrected chi connectivity index (χ0v) is 8.39. The lowest BCUT2D eigenvalue weighted by molar-refractivity contribution is 0.0680. The fourth-order valence-corrected chi connectivity index (χ4v) is 1.50. The summed E-state index contributed by atoms with van der Waals surface area (Å²) in [6.45, 7) is 0. The molecule has 0 fully saturated rings. The molecule has 0 atom stereocenters. The zero-order valence-electron chi connectivity index (χ0n) is 8.39. The third-order valence-electron chi connectivity index (χ3n) is 2.28. The Labute approximate surface area is 85.9 Å². The lowest BCUT2D eigenvalue weighted by Gasteiger charge is -1.99. The van der Waals surface area contributed by atoms with Crippen LogP contribution in [-0.4, -0.2) is 27.7 Å². The highest BCUT2D eigenvalue weighted by Gasteiger charge is 2.13. The summed E-state index contributed by atoms with van der Waals surface area (Å²) in [6.07, 6.45) is 0. The van der Waals surface area contributed by atoms with Crippen molar-refractivity contribution in [1.82, 2.24) is 9.55 Å². The highest BCUT2D eigenvalue weighted by atomic mass is 16.5. The standard InChI is InChI=1S/C10H10N2O3/c1-12-8-4-3-6(15-2)5-7(8)11-9(12)10(13)14/h3-5H,1-2H3,(H,13,14). The minimum absolute atomic E-state index is 0.0262. The average molecular weight is 206 g/mol. The van der Waals surface area contributed by atoms with E-state index in [9.17, 15) is 4.79 Å². The van der Waals surface area contributed by atoms with E-state index in [1.807, 2.05) is 0 Å². The molecule has 1 N–H and O–H groups in total. The summed E-state index contributed by atoms with van der Waals surface area (Å²) in [5, 5.41) is 8.88. The average Bonchev–Trinajstić information content (AvgIpc) is 2.55. The van der Waals surface area contributed by atoms with Gasteiger partial charge in [0.15, 0.2) is 0 Å². The van der Waals surface area contributed by atoms with Crippen LogP contribution < -0.4 is 4.74 Å². The van der Waals surface area contributed by atoms with Crippen LogP contribution in [0.5, 0.6) is 5.75 Å². The van der Waals surface area contributed by atoms with Crippen molar-refractivity contribution < 1.29 is 14.6 Å². The SMILES string of the molecule is COc1ccc2c(c1)nc(C(=O)O)n2C. The van der Waals surface area contributed by atoms with Gasteiger partial charge in [0.1, 0.15) is 5.75 Å². The third kappa shape index (κ3) is 1.41. The maximum atomic E-state index is 10.8. The molecule has 2 rings (SSSR count). The van der Waals surface area contributed by atoms with Gasteiger partial charge in [0, 0.05) is 13.1 Å². The van der Waals surface area contributed by atoms with Crippen molar-refractivity contribution in [2.24, 2.45) is 7.05 Å². The molecule has 0 amide bonds. The molecule has 2 aromatic rings. The Morgan fingerprint density at radius 3 is 2.87 bits per heavy atom. The lowest BCUT2D eigenvalue weighted by atomic mass is 10.3. The van der Waals surface area contributed by atoms with E-state index in [0.29, 0.717) is 11.3 Å². The van der Waals surface area contributed by atoms with Gasteiger partial charge in [-0.25, -0.2) is 9.78 Å². The van der Waals surface area contributed by atoms with E-state index in [1.54, 1.807) is 32.4 Å². The van der Waals surface area contributed by atoms with E-state index in [2.05, 4.69) is 4.98 Å².